The van der Waals surface area contributed by atoms with E-state index in [2.05, 4.69) is 101 Å². The monoisotopic (exact) mass is 834 g/mol. The molecule has 0 amide bonds. The molecular formula is C53H54N8O2. The third-order valence-corrected chi connectivity index (χ3v) is 11.4. The predicted molar refractivity (Wildman–Crippen MR) is 253 cm³/mol. The number of rotatable bonds is 17. The van der Waals surface area contributed by atoms with Gasteiger partial charge < -0.3 is 28.8 Å². The standard InChI is InChI=1S/C33H32N4O.C20H22N4O/c1-3-36(4-2)20-21-38-30-22-29(25-14-8-5-9-15-25)31-28(23-34)24-37(33(31)35-30)32(26-16-10-6-11-17-26)27-18-12-7-13-19-27;1-3-24(4-2)10-11-25-18-12-17(15-8-6-5-7-9-15)19-16(13-21)14-22-20(19)23-18/h5-19,22,24,32H,3-4,20-21H2,1-2H3;5-9,12,14H,3-4,10-11H2,1-2H3,(H,22,23). The van der Waals surface area contributed by atoms with Crippen LogP contribution in [0.1, 0.15) is 56.0 Å². The fourth-order valence-corrected chi connectivity index (χ4v) is 7.97. The minimum atomic E-state index is -0.149. The number of aromatic amines is 1. The van der Waals surface area contributed by atoms with Crippen molar-refractivity contribution in [3.8, 4) is 46.2 Å². The molecule has 4 aromatic carbocycles. The van der Waals surface area contributed by atoms with E-state index in [1.807, 2.05) is 103 Å². The minimum Gasteiger partial charge on any atom is -0.476 e. The van der Waals surface area contributed by atoms with Gasteiger partial charge in [0.15, 0.2) is 0 Å². The number of fused-ring (bicyclic) bond motifs is 2. The minimum absolute atomic E-state index is 0.149. The second kappa shape index (κ2) is 21.5. The summed E-state index contributed by atoms with van der Waals surface area (Å²) < 4.78 is 14.3. The molecule has 0 saturated heterocycles. The van der Waals surface area contributed by atoms with Crippen molar-refractivity contribution in [3.05, 3.63) is 168 Å². The molecule has 0 spiro atoms. The van der Waals surface area contributed by atoms with Crippen LogP contribution in [0.4, 0.5) is 0 Å². The van der Waals surface area contributed by atoms with Crippen molar-refractivity contribution in [2.45, 2.75) is 33.7 Å². The first-order valence-electron chi connectivity index (χ1n) is 21.8. The molecule has 0 fully saturated rings. The molecule has 0 aliphatic carbocycles. The number of nitrogens with zero attached hydrogens (tertiary/aromatic N) is 7. The van der Waals surface area contributed by atoms with Crippen LogP contribution in [0.2, 0.25) is 0 Å². The molecule has 0 radical (unpaired) electrons. The van der Waals surface area contributed by atoms with Gasteiger partial charge in [0, 0.05) is 48.4 Å². The highest BCUT2D eigenvalue weighted by atomic mass is 16.5. The number of aromatic nitrogens is 4. The van der Waals surface area contributed by atoms with Crippen LogP contribution >= 0.6 is 0 Å². The number of hydrogen-bond donors (Lipinski definition) is 1. The van der Waals surface area contributed by atoms with Crippen LogP contribution in [0.5, 0.6) is 11.8 Å². The van der Waals surface area contributed by atoms with Crippen LogP contribution < -0.4 is 9.47 Å². The number of ether oxygens (including phenoxy) is 2. The lowest BCUT2D eigenvalue weighted by molar-refractivity contribution is 0.218. The molecule has 0 aliphatic heterocycles. The molecule has 4 heterocycles. The third-order valence-electron chi connectivity index (χ3n) is 11.4. The molecule has 318 valence electrons. The number of nitrogens with one attached hydrogen (secondary N) is 1. The summed E-state index contributed by atoms with van der Waals surface area (Å²) in [7, 11) is 0. The summed E-state index contributed by atoms with van der Waals surface area (Å²) in [5.41, 5.74) is 8.82. The van der Waals surface area contributed by atoms with Gasteiger partial charge in [0.1, 0.15) is 36.6 Å². The Bertz CT molecular complexity index is 2730. The second-order valence-electron chi connectivity index (χ2n) is 15.0. The molecule has 1 N–H and O–H groups in total. The molecule has 0 unspecified atom stereocenters. The lowest BCUT2D eigenvalue weighted by Crippen LogP contribution is -2.28. The second-order valence-corrected chi connectivity index (χ2v) is 15.0. The topological polar surface area (TPSA) is 119 Å². The maximum absolute atomic E-state index is 10.2. The maximum atomic E-state index is 10.2. The number of benzene rings is 4. The fourth-order valence-electron chi connectivity index (χ4n) is 7.97. The number of hydrogen-bond acceptors (Lipinski definition) is 8. The van der Waals surface area contributed by atoms with Gasteiger partial charge in [0.05, 0.1) is 17.2 Å². The Morgan fingerprint density at radius 2 is 1.03 bits per heavy atom. The maximum Gasteiger partial charge on any atom is 0.215 e. The van der Waals surface area contributed by atoms with E-state index >= 15 is 0 Å². The van der Waals surface area contributed by atoms with Crippen molar-refractivity contribution in [1.29, 1.82) is 10.5 Å². The largest absolute Gasteiger partial charge is 0.476 e. The first-order valence-corrected chi connectivity index (χ1v) is 21.8. The van der Waals surface area contributed by atoms with Crippen molar-refractivity contribution in [2.24, 2.45) is 0 Å². The van der Waals surface area contributed by atoms with E-state index in [9.17, 15) is 10.5 Å². The van der Waals surface area contributed by atoms with Crippen LogP contribution in [0.3, 0.4) is 0 Å². The molecule has 0 atom stereocenters. The van der Waals surface area contributed by atoms with Gasteiger partial charge in [0.25, 0.3) is 0 Å². The Morgan fingerprint density at radius 3 is 1.49 bits per heavy atom. The van der Waals surface area contributed by atoms with Gasteiger partial charge in [-0.2, -0.15) is 20.5 Å². The van der Waals surface area contributed by atoms with Crippen molar-refractivity contribution < 1.29 is 9.47 Å². The summed E-state index contributed by atoms with van der Waals surface area (Å²) in [5.74, 6) is 1.14. The Balaban J connectivity index is 0.000000206. The molecule has 10 heteroatoms. The van der Waals surface area contributed by atoms with Crippen LogP contribution in [0.25, 0.3) is 44.3 Å². The van der Waals surface area contributed by atoms with E-state index < -0.39 is 0 Å². The van der Waals surface area contributed by atoms with E-state index in [1.54, 1.807) is 6.20 Å². The highest BCUT2D eigenvalue weighted by molar-refractivity contribution is 5.99. The number of likely N-dealkylation sites (N-methyl/N-ethyl adjacent to an activating group) is 2. The van der Waals surface area contributed by atoms with E-state index in [0.29, 0.717) is 41.7 Å². The summed E-state index contributed by atoms with van der Waals surface area (Å²) in [6, 6.07) is 49.3. The van der Waals surface area contributed by atoms with E-state index in [4.69, 9.17) is 14.5 Å². The SMILES string of the molecule is CCN(CC)CCOc1cc(-c2ccccc2)c2c(C#N)c[nH]c2n1.CCN(CC)CCOc1cc(-c2ccccc2)c2c(C#N)cn(C(c3ccccc3)c3ccccc3)c2n1. The van der Waals surface area contributed by atoms with Gasteiger partial charge in [-0.15, -0.1) is 0 Å². The van der Waals surface area contributed by atoms with Crippen molar-refractivity contribution >= 4 is 22.1 Å². The summed E-state index contributed by atoms with van der Waals surface area (Å²) in [5, 5.41) is 21.3. The highest BCUT2D eigenvalue weighted by Crippen LogP contribution is 2.39. The molecule has 8 aromatic rings. The van der Waals surface area contributed by atoms with E-state index in [-0.39, 0.29) is 6.04 Å². The first kappa shape index (κ1) is 43.8. The van der Waals surface area contributed by atoms with Crippen molar-refractivity contribution in [3.63, 3.8) is 0 Å². The Kier molecular flexibility index (Phi) is 15.0. The normalized spacial score (nSPS) is 11.1. The average Bonchev–Trinajstić information content (AvgIpc) is 3.94. The summed E-state index contributed by atoms with van der Waals surface area (Å²) in [4.78, 5) is 17.3. The zero-order valence-electron chi connectivity index (χ0n) is 36.5. The molecule has 8 rings (SSSR count). The van der Waals surface area contributed by atoms with Crippen molar-refractivity contribution in [2.75, 3.05) is 52.5 Å². The van der Waals surface area contributed by atoms with E-state index in [0.717, 1.165) is 89.1 Å². The third kappa shape index (κ3) is 10.3. The quantitative estimate of drug-likeness (QED) is 0.0963. The predicted octanol–water partition coefficient (Wildman–Crippen LogP) is 10.8. The number of pyridine rings is 2. The summed E-state index contributed by atoms with van der Waals surface area (Å²) in [6.07, 6.45) is 3.64. The Labute approximate surface area is 370 Å². The summed E-state index contributed by atoms with van der Waals surface area (Å²) >= 11 is 0. The number of H-pyrrole nitrogens is 1. The fraction of sp³-hybridized carbons (Fsp3) is 0.245. The molecule has 4 aromatic heterocycles. The molecule has 0 saturated carbocycles. The molecular weight excluding hydrogens is 781 g/mol. The van der Waals surface area contributed by atoms with Crippen molar-refractivity contribution in [1.82, 2.24) is 29.3 Å². The molecule has 10 nitrogen and oxygen atoms in total. The molecule has 0 aliphatic rings. The zero-order valence-corrected chi connectivity index (χ0v) is 36.5. The molecule has 63 heavy (non-hydrogen) atoms. The molecule has 0 bridgehead atoms. The van der Waals surface area contributed by atoms with Crippen LogP contribution in [0, 0.1) is 22.7 Å². The van der Waals surface area contributed by atoms with Gasteiger partial charge in [-0.25, -0.2) is 0 Å². The highest BCUT2D eigenvalue weighted by Gasteiger charge is 2.24. The van der Waals surface area contributed by atoms with Crippen LogP contribution in [0.15, 0.2) is 146 Å². The lowest BCUT2D eigenvalue weighted by Gasteiger charge is -2.22. The van der Waals surface area contributed by atoms with Crippen LogP contribution in [-0.2, 0) is 0 Å². The smallest absolute Gasteiger partial charge is 0.215 e. The Morgan fingerprint density at radius 1 is 0.587 bits per heavy atom. The Hall–Kier alpha value is -7.24. The first-order chi connectivity index (χ1) is 31.0. The van der Waals surface area contributed by atoms with Gasteiger partial charge in [-0.1, -0.05) is 149 Å². The van der Waals surface area contributed by atoms with Crippen LogP contribution in [-0.4, -0.2) is 81.8 Å². The van der Waals surface area contributed by atoms with E-state index in [1.165, 1.54) is 0 Å². The van der Waals surface area contributed by atoms with Gasteiger partial charge in [-0.3, -0.25) is 0 Å². The number of nitriles is 2. The summed E-state index contributed by atoms with van der Waals surface area (Å²) in [6.45, 7) is 15.4. The lowest BCUT2D eigenvalue weighted by atomic mass is 9.98. The zero-order chi connectivity index (χ0) is 44.0. The van der Waals surface area contributed by atoms with Gasteiger partial charge in [-0.05, 0) is 59.6 Å². The average molecular weight is 835 g/mol. The van der Waals surface area contributed by atoms with Gasteiger partial charge in [0.2, 0.25) is 11.8 Å². The van der Waals surface area contributed by atoms with Gasteiger partial charge >= 0.3 is 0 Å².